The van der Waals surface area contributed by atoms with Crippen LogP contribution in [-0.4, -0.2) is 0 Å². The normalized spacial score (nSPS) is 12.1. The molecule has 10 heteroatoms. The maximum absolute atomic E-state index is 14.7. The number of alkyl halides is 5. The molecule has 4 rings (SSSR count). The van der Waals surface area contributed by atoms with E-state index in [9.17, 15) is 39.5 Å². The predicted molar refractivity (Wildman–Crippen MR) is 123 cm³/mol. The van der Waals surface area contributed by atoms with Crippen molar-refractivity contribution < 1.29 is 44.3 Å². The van der Waals surface area contributed by atoms with Crippen molar-refractivity contribution >= 4 is 0 Å². The highest BCUT2D eigenvalue weighted by Crippen LogP contribution is 2.40. The lowest BCUT2D eigenvalue weighted by Crippen LogP contribution is -2.24. The molecule has 0 aliphatic heterocycles. The van der Waals surface area contributed by atoms with Crippen LogP contribution in [0.25, 0.3) is 22.3 Å². The van der Waals surface area contributed by atoms with Crippen LogP contribution in [0.1, 0.15) is 22.3 Å². The summed E-state index contributed by atoms with van der Waals surface area (Å²) in [6.45, 7) is 3.92. The lowest BCUT2D eigenvalue weighted by atomic mass is 9.98. The van der Waals surface area contributed by atoms with Gasteiger partial charge in [0.1, 0.15) is 17.2 Å². The number of rotatable bonds is 5. The first-order chi connectivity index (χ1) is 17.7. The molecule has 0 N–H and O–H groups in total. The lowest BCUT2D eigenvalue weighted by Gasteiger charge is -2.20. The maximum atomic E-state index is 14.7. The lowest BCUT2D eigenvalue weighted by molar-refractivity contribution is -0.189. The third-order valence-corrected chi connectivity index (χ3v) is 5.95. The molecule has 198 valence electrons. The van der Waals surface area contributed by atoms with Crippen LogP contribution in [0.3, 0.4) is 0 Å². The summed E-state index contributed by atoms with van der Waals surface area (Å²) in [4.78, 5) is 0. The number of benzene rings is 4. The van der Waals surface area contributed by atoms with E-state index in [1.165, 1.54) is 0 Å². The minimum Gasteiger partial charge on any atom is -0.423 e. The molecule has 0 radical (unpaired) electrons. The van der Waals surface area contributed by atoms with Gasteiger partial charge in [0.15, 0.2) is 17.4 Å². The third-order valence-electron chi connectivity index (χ3n) is 5.95. The molecule has 0 aliphatic rings. The third kappa shape index (κ3) is 5.34. The number of ether oxygens (including phenoxy) is 1. The molecule has 0 bridgehead atoms. The highest BCUT2D eigenvalue weighted by Gasteiger charge is 2.43. The molecular weight excluding hydrogens is 523 g/mol. The summed E-state index contributed by atoms with van der Waals surface area (Å²) in [6.07, 6.45) is -10.3. The minimum absolute atomic E-state index is 0.0195. The zero-order valence-corrected chi connectivity index (χ0v) is 19.7. The second kappa shape index (κ2) is 9.74. The van der Waals surface area contributed by atoms with E-state index in [0.717, 1.165) is 22.3 Å². The van der Waals surface area contributed by atoms with Gasteiger partial charge in [0.05, 0.1) is 5.56 Å². The second-order valence-corrected chi connectivity index (χ2v) is 8.58. The van der Waals surface area contributed by atoms with Crippen molar-refractivity contribution in [2.45, 2.75) is 26.1 Å². The van der Waals surface area contributed by atoms with E-state index in [2.05, 4.69) is 4.74 Å². The van der Waals surface area contributed by atoms with Crippen molar-refractivity contribution in [1.82, 2.24) is 0 Å². The summed E-state index contributed by atoms with van der Waals surface area (Å²) in [7, 11) is 0. The first-order valence-electron chi connectivity index (χ1n) is 11.0. The Kier molecular flexibility index (Phi) is 6.94. The van der Waals surface area contributed by atoms with Gasteiger partial charge in [-0.2, -0.15) is 22.0 Å². The van der Waals surface area contributed by atoms with Crippen LogP contribution in [0, 0.1) is 37.1 Å². The number of hydrogen-bond donors (Lipinski definition) is 0. The standard InChI is InChI=1S/C28H17F9O/c1-14-3-4-18(9-15(14)2)16-5-7-17(8-6-16)19-10-23(31)26(24(32)11-19)38-28(36,37)20-12-21(29)25(22(30)13-20)27(33,34)35/h3-13H,1-2H3. The Labute approximate surface area is 211 Å². The molecule has 0 aromatic heterocycles. The Morgan fingerprint density at radius 1 is 0.526 bits per heavy atom. The quantitative estimate of drug-likeness (QED) is 0.229. The van der Waals surface area contributed by atoms with E-state index in [1.807, 2.05) is 32.0 Å². The van der Waals surface area contributed by atoms with Crippen molar-refractivity contribution in [3.8, 4) is 28.0 Å². The fourth-order valence-electron chi connectivity index (χ4n) is 3.80. The van der Waals surface area contributed by atoms with E-state index in [-0.39, 0.29) is 17.7 Å². The molecular formula is C28H17F9O. The highest BCUT2D eigenvalue weighted by molar-refractivity contribution is 5.71. The summed E-state index contributed by atoms with van der Waals surface area (Å²) >= 11 is 0. The Morgan fingerprint density at radius 2 is 1.00 bits per heavy atom. The molecule has 0 atom stereocenters. The van der Waals surface area contributed by atoms with Crippen molar-refractivity contribution in [2.75, 3.05) is 0 Å². The zero-order chi connectivity index (χ0) is 28.0. The summed E-state index contributed by atoms with van der Waals surface area (Å²) in [6, 6.07) is 13.2. The molecule has 1 nitrogen and oxygen atoms in total. The Balaban J connectivity index is 1.62. The highest BCUT2D eigenvalue weighted by atomic mass is 19.4. The molecule has 0 amide bonds. The van der Waals surface area contributed by atoms with Gasteiger partial charge in [0.2, 0.25) is 0 Å². The molecule has 4 aromatic rings. The molecule has 0 heterocycles. The smallest absolute Gasteiger partial charge is 0.423 e. The topological polar surface area (TPSA) is 9.23 Å². The van der Waals surface area contributed by atoms with Crippen molar-refractivity contribution in [3.05, 3.63) is 112 Å². The van der Waals surface area contributed by atoms with E-state index >= 15 is 0 Å². The molecule has 0 aliphatic carbocycles. The molecule has 4 aromatic carbocycles. The molecule has 38 heavy (non-hydrogen) atoms. The van der Waals surface area contributed by atoms with Gasteiger partial charge in [-0.15, -0.1) is 0 Å². The van der Waals surface area contributed by atoms with E-state index in [4.69, 9.17) is 0 Å². The average molecular weight is 540 g/mol. The van der Waals surface area contributed by atoms with Gasteiger partial charge in [-0.1, -0.05) is 42.5 Å². The number of halogens is 9. The summed E-state index contributed by atoms with van der Waals surface area (Å²) < 4.78 is 128. The SMILES string of the molecule is Cc1ccc(-c2ccc(-c3cc(F)c(OC(F)(F)c4cc(F)c(C(F)(F)F)c(F)c4)c(F)c3)cc2)cc1C. The number of aryl methyl sites for hydroxylation is 2. The van der Waals surface area contributed by atoms with Crippen LogP contribution in [0.15, 0.2) is 66.7 Å². The van der Waals surface area contributed by atoms with E-state index < -0.39 is 52.4 Å². The van der Waals surface area contributed by atoms with E-state index in [0.29, 0.717) is 17.7 Å². The Morgan fingerprint density at radius 3 is 1.47 bits per heavy atom. The van der Waals surface area contributed by atoms with Gasteiger partial charge < -0.3 is 4.74 Å². The second-order valence-electron chi connectivity index (χ2n) is 8.58. The van der Waals surface area contributed by atoms with Crippen LogP contribution in [0.2, 0.25) is 0 Å². The monoisotopic (exact) mass is 540 g/mol. The predicted octanol–water partition coefficient (Wildman–Crippen LogP) is 9.34. The van der Waals surface area contributed by atoms with Crippen molar-refractivity contribution in [3.63, 3.8) is 0 Å². The van der Waals surface area contributed by atoms with Crippen LogP contribution < -0.4 is 4.74 Å². The van der Waals surface area contributed by atoms with E-state index in [1.54, 1.807) is 24.3 Å². The molecule has 0 unspecified atom stereocenters. The summed E-state index contributed by atoms with van der Waals surface area (Å²) in [5, 5.41) is 0. The van der Waals surface area contributed by atoms with Crippen LogP contribution in [0.4, 0.5) is 39.5 Å². The number of hydrogen-bond acceptors (Lipinski definition) is 1. The molecule has 0 spiro atoms. The molecule has 0 saturated heterocycles. The summed E-state index contributed by atoms with van der Waals surface area (Å²) in [5.41, 5.74) is 0.164. The fraction of sp³-hybridized carbons (Fsp3) is 0.143. The van der Waals surface area contributed by atoms with Crippen molar-refractivity contribution in [2.24, 2.45) is 0 Å². The van der Waals surface area contributed by atoms with Crippen molar-refractivity contribution in [1.29, 1.82) is 0 Å². The Bertz CT molecular complexity index is 1460. The first-order valence-corrected chi connectivity index (χ1v) is 11.0. The van der Waals surface area contributed by atoms with Gasteiger partial charge in [0.25, 0.3) is 0 Å². The first kappa shape index (κ1) is 27.1. The Hall–Kier alpha value is -3.95. The van der Waals surface area contributed by atoms with Crippen LogP contribution in [-0.2, 0) is 12.3 Å². The molecule has 0 fully saturated rings. The largest absolute Gasteiger partial charge is 0.427 e. The van der Waals surface area contributed by atoms with Crippen LogP contribution >= 0.6 is 0 Å². The van der Waals surface area contributed by atoms with Gasteiger partial charge in [-0.25, -0.2) is 17.6 Å². The zero-order valence-electron chi connectivity index (χ0n) is 19.7. The van der Waals surface area contributed by atoms with Crippen LogP contribution in [0.5, 0.6) is 5.75 Å². The van der Waals surface area contributed by atoms with Gasteiger partial charge in [0, 0.05) is 0 Å². The summed E-state index contributed by atoms with van der Waals surface area (Å²) in [5.74, 6) is -9.38. The average Bonchev–Trinajstić information content (AvgIpc) is 2.82. The maximum Gasteiger partial charge on any atom is 0.427 e. The van der Waals surface area contributed by atoms with Gasteiger partial charge in [-0.3, -0.25) is 0 Å². The van der Waals surface area contributed by atoms with Gasteiger partial charge >= 0.3 is 12.3 Å². The minimum atomic E-state index is -5.49. The fourth-order valence-corrected chi connectivity index (χ4v) is 3.80. The van der Waals surface area contributed by atoms with Gasteiger partial charge in [-0.05, 0) is 71.5 Å². The molecule has 0 saturated carbocycles.